The summed E-state index contributed by atoms with van der Waals surface area (Å²) in [7, 11) is 0. The van der Waals surface area contributed by atoms with E-state index in [1.807, 2.05) is 0 Å². The van der Waals surface area contributed by atoms with E-state index < -0.39 is 0 Å². The lowest BCUT2D eigenvalue weighted by molar-refractivity contribution is -0.155. The monoisotopic (exact) mass is 236 g/mol. The molecule has 0 spiro atoms. The fraction of sp³-hybridized carbons (Fsp3) is 0.733. The van der Waals surface area contributed by atoms with Gasteiger partial charge in [-0.15, -0.1) is 0 Å². The van der Waals surface area contributed by atoms with Crippen molar-refractivity contribution < 1.29 is 9.47 Å². The van der Waals surface area contributed by atoms with Crippen LogP contribution in [0.25, 0.3) is 0 Å². The topological polar surface area (TPSA) is 18.5 Å². The molecule has 17 heavy (non-hydrogen) atoms. The molecular formula is C15H24O2. The van der Waals surface area contributed by atoms with Gasteiger partial charge in [-0.1, -0.05) is 38.2 Å². The van der Waals surface area contributed by atoms with Gasteiger partial charge in [0, 0.05) is 10.8 Å². The molecule has 0 saturated carbocycles. The van der Waals surface area contributed by atoms with Gasteiger partial charge in [-0.05, 0) is 19.3 Å². The predicted octanol–water partition coefficient (Wildman–Crippen LogP) is 3.34. The second-order valence-corrected chi connectivity index (χ2v) is 5.55. The molecule has 96 valence electrons. The van der Waals surface area contributed by atoms with E-state index in [2.05, 4.69) is 38.2 Å². The van der Waals surface area contributed by atoms with Crippen LogP contribution in [0.5, 0.6) is 0 Å². The molecule has 1 fully saturated rings. The molecule has 1 saturated heterocycles. The van der Waals surface area contributed by atoms with Crippen LogP contribution in [-0.4, -0.2) is 26.4 Å². The summed E-state index contributed by atoms with van der Waals surface area (Å²) in [6, 6.07) is 0. The number of ether oxygens (including phenoxy) is 2. The summed E-state index contributed by atoms with van der Waals surface area (Å²) in [6.45, 7) is 7.91. The first kappa shape index (κ1) is 12.8. The molecule has 0 bridgehead atoms. The third-order valence-electron chi connectivity index (χ3n) is 4.29. The van der Waals surface area contributed by atoms with Crippen molar-refractivity contribution in [3.63, 3.8) is 0 Å². The molecule has 2 rings (SSSR count). The van der Waals surface area contributed by atoms with Crippen molar-refractivity contribution in [2.24, 2.45) is 10.8 Å². The third-order valence-corrected chi connectivity index (χ3v) is 4.29. The van der Waals surface area contributed by atoms with Crippen LogP contribution < -0.4 is 0 Å². The highest BCUT2D eigenvalue weighted by molar-refractivity contribution is 5.16. The Hall–Kier alpha value is -0.600. The molecule has 1 atom stereocenters. The molecule has 0 N–H and O–H groups in total. The van der Waals surface area contributed by atoms with Gasteiger partial charge in [0.1, 0.15) is 0 Å². The van der Waals surface area contributed by atoms with E-state index in [9.17, 15) is 0 Å². The summed E-state index contributed by atoms with van der Waals surface area (Å²) in [6.07, 6.45) is 12.2. The Balaban J connectivity index is 1.80. The van der Waals surface area contributed by atoms with E-state index >= 15 is 0 Å². The van der Waals surface area contributed by atoms with Gasteiger partial charge in [0.15, 0.2) is 0 Å². The summed E-state index contributed by atoms with van der Waals surface area (Å²) in [5.74, 6) is 0. The maximum atomic E-state index is 6.00. The highest BCUT2D eigenvalue weighted by Crippen LogP contribution is 2.35. The van der Waals surface area contributed by atoms with Crippen LogP contribution in [0.1, 0.15) is 33.1 Å². The van der Waals surface area contributed by atoms with Crippen molar-refractivity contribution in [2.75, 3.05) is 26.4 Å². The molecule has 2 nitrogen and oxygen atoms in total. The standard InChI is InChI=1S/C15H24O2/c1-3-14(8-6-5-7-9-14)10-16-11-15(4-2)12-17-13-15/h5-8H,3-4,9-13H2,1-2H3. The highest BCUT2D eigenvalue weighted by Gasteiger charge is 2.37. The third kappa shape index (κ3) is 2.80. The molecule has 2 heteroatoms. The number of allylic oxidation sites excluding steroid dienone is 3. The Kier molecular flexibility index (Phi) is 4.05. The fourth-order valence-corrected chi connectivity index (χ4v) is 2.43. The molecule has 1 unspecified atom stereocenters. The summed E-state index contributed by atoms with van der Waals surface area (Å²) in [5, 5.41) is 0. The average Bonchev–Trinajstić information content (AvgIpc) is 2.34. The lowest BCUT2D eigenvalue weighted by Gasteiger charge is -2.41. The van der Waals surface area contributed by atoms with Gasteiger partial charge in [0.25, 0.3) is 0 Å². The van der Waals surface area contributed by atoms with Crippen molar-refractivity contribution >= 4 is 0 Å². The van der Waals surface area contributed by atoms with Gasteiger partial charge in [0.2, 0.25) is 0 Å². The average molecular weight is 236 g/mol. The van der Waals surface area contributed by atoms with E-state index in [1.54, 1.807) is 0 Å². The molecule has 1 aliphatic heterocycles. The molecule has 0 aromatic heterocycles. The van der Waals surface area contributed by atoms with E-state index in [4.69, 9.17) is 9.47 Å². The maximum Gasteiger partial charge on any atom is 0.0567 e. The second-order valence-electron chi connectivity index (χ2n) is 5.55. The summed E-state index contributed by atoms with van der Waals surface area (Å²) >= 11 is 0. The van der Waals surface area contributed by atoms with Crippen LogP contribution in [0.4, 0.5) is 0 Å². The van der Waals surface area contributed by atoms with Gasteiger partial charge in [-0.2, -0.15) is 0 Å². The molecule has 0 radical (unpaired) electrons. The molecular weight excluding hydrogens is 212 g/mol. The van der Waals surface area contributed by atoms with Crippen molar-refractivity contribution in [3.05, 3.63) is 24.3 Å². The predicted molar refractivity (Wildman–Crippen MR) is 70.0 cm³/mol. The lowest BCUT2D eigenvalue weighted by atomic mass is 9.79. The van der Waals surface area contributed by atoms with Gasteiger partial charge >= 0.3 is 0 Å². The maximum absolute atomic E-state index is 6.00. The number of rotatable bonds is 6. The first-order valence-corrected chi connectivity index (χ1v) is 6.74. The number of hydrogen-bond acceptors (Lipinski definition) is 2. The van der Waals surface area contributed by atoms with Gasteiger partial charge in [-0.3, -0.25) is 0 Å². The van der Waals surface area contributed by atoms with Crippen LogP contribution >= 0.6 is 0 Å². The molecule has 1 heterocycles. The fourth-order valence-electron chi connectivity index (χ4n) is 2.43. The van der Waals surface area contributed by atoms with Crippen molar-refractivity contribution in [1.29, 1.82) is 0 Å². The Morgan fingerprint density at radius 3 is 2.41 bits per heavy atom. The van der Waals surface area contributed by atoms with E-state index in [1.165, 1.54) is 0 Å². The van der Waals surface area contributed by atoms with Gasteiger partial charge in [0.05, 0.1) is 26.4 Å². The minimum atomic E-state index is 0.230. The Morgan fingerprint density at radius 2 is 1.94 bits per heavy atom. The first-order chi connectivity index (χ1) is 8.24. The Bertz CT molecular complexity index is 297. The zero-order valence-electron chi connectivity index (χ0n) is 11.1. The van der Waals surface area contributed by atoms with Gasteiger partial charge < -0.3 is 9.47 Å². The minimum Gasteiger partial charge on any atom is -0.380 e. The SMILES string of the molecule is CCC1(COCC2(CC)COC2)C=CC=CC1. The largest absolute Gasteiger partial charge is 0.380 e. The Morgan fingerprint density at radius 1 is 1.12 bits per heavy atom. The smallest absolute Gasteiger partial charge is 0.0567 e. The van der Waals surface area contributed by atoms with Gasteiger partial charge in [-0.25, -0.2) is 0 Å². The molecule has 1 aliphatic carbocycles. The second kappa shape index (κ2) is 5.36. The normalized spacial score (nSPS) is 30.2. The van der Waals surface area contributed by atoms with Crippen LogP contribution in [0.15, 0.2) is 24.3 Å². The van der Waals surface area contributed by atoms with E-state index in [0.717, 1.165) is 45.7 Å². The van der Waals surface area contributed by atoms with Crippen molar-refractivity contribution in [1.82, 2.24) is 0 Å². The van der Waals surface area contributed by atoms with Crippen LogP contribution in [0.3, 0.4) is 0 Å². The Labute approximate surface area is 105 Å². The zero-order chi connectivity index (χ0) is 12.2. The molecule has 2 aliphatic rings. The minimum absolute atomic E-state index is 0.230. The quantitative estimate of drug-likeness (QED) is 0.704. The van der Waals surface area contributed by atoms with Crippen LogP contribution in [-0.2, 0) is 9.47 Å². The molecule has 0 aromatic carbocycles. The highest BCUT2D eigenvalue weighted by atomic mass is 16.5. The van der Waals surface area contributed by atoms with Crippen LogP contribution in [0.2, 0.25) is 0 Å². The van der Waals surface area contributed by atoms with E-state index in [0.29, 0.717) is 5.41 Å². The summed E-state index contributed by atoms with van der Waals surface area (Å²) in [5.41, 5.74) is 0.539. The van der Waals surface area contributed by atoms with Crippen molar-refractivity contribution in [3.8, 4) is 0 Å². The van der Waals surface area contributed by atoms with Crippen molar-refractivity contribution in [2.45, 2.75) is 33.1 Å². The number of hydrogen-bond donors (Lipinski definition) is 0. The lowest BCUT2D eigenvalue weighted by Crippen LogP contribution is -2.46. The first-order valence-electron chi connectivity index (χ1n) is 6.74. The zero-order valence-corrected chi connectivity index (χ0v) is 11.1. The summed E-state index contributed by atoms with van der Waals surface area (Å²) in [4.78, 5) is 0. The molecule has 0 aromatic rings. The molecule has 0 amide bonds. The summed E-state index contributed by atoms with van der Waals surface area (Å²) < 4.78 is 11.3. The van der Waals surface area contributed by atoms with E-state index in [-0.39, 0.29) is 5.41 Å². The van der Waals surface area contributed by atoms with Crippen LogP contribution in [0, 0.1) is 10.8 Å².